The monoisotopic (exact) mass is 912 g/mol. The summed E-state index contributed by atoms with van der Waals surface area (Å²) in [6.45, 7) is 13.0. The Morgan fingerprint density at radius 1 is 0.846 bits per heavy atom. The average molecular weight is 912 g/mol. The third kappa shape index (κ3) is 14.3. The van der Waals surface area contributed by atoms with Crippen LogP contribution in [-0.2, 0) is 42.9 Å². The van der Waals surface area contributed by atoms with Crippen LogP contribution in [0.25, 0.3) is 0 Å². The van der Waals surface area contributed by atoms with Gasteiger partial charge in [0.2, 0.25) is 0 Å². The van der Waals surface area contributed by atoms with E-state index in [1.165, 1.54) is 12.0 Å². The summed E-state index contributed by atoms with van der Waals surface area (Å²) >= 11 is 0. The number of fused-ring (bicyclic) bond motifs is 3. The zero-order chi connectivity index (χ0) is 48.2. The lowest BCUT2D eigenvalue weighted by Gasteiger charge is -2.43. The number of carbonyl (C=O) groups excluding carboxylic acids is 5. The van der Waals surface area contributed by atoms with Gasteiger partial charge >= 0.3 is 5.97 Å². The highest BCUT2D eigenvalue weighted by atomic mass is 16.5. The molecule has 2 aliphatic heterocycles. The Morgan fingerprint density at radius 3 is 2.25 bits per heavy atom. The lowest BCUT2D eigenvalue weighted by Crippen LogP contribution is -2.59. The number of ether oxygens (including phenoxy) is 4. The van der Waals surface area contributed by atoms with Crippen LogP contribution in [0.5, 0.6) is 0 Å². The molecular weight excluding hydrogens is 831 g/mol. The second-order valence-corrected chi connectivity index (χ2v) is 20.1. The molecule has 1 saturated heterocycles. The van der Waals surface area contributed by atoms with Crippen LogP contribution < -0.4 is 0 Å². The van der Waals surface area contributed by atoms with Crippen LogP contribution in [0.4, 0.5) is 0 Å². The minimum atomic E-state index is -1.93. The van der Waals surface area contributed by atoms with Gasteiger partial charge in [-0.2, -0.15) is 0 Å². The maximum Gasteiger partial charge on any atom is 0.329 e. The van der Waals surface area contributed by atoms with Crippen LogP contribution in [0, 0.1) is 41.4 Å². The lowest BCUT2D eigenvalue weighted by molar-refractivity contribution is -0.171. The van der Waals surface area contributed by atoms with Crippen molar-refractivity contribution >= 4 is 29.2 Å². The van der Waals surface area contributed by atoms with E-state index >= 15 is 0 Å². The summed E-state index contributed by atoms with van der Waals surface area (Å²) in [4.78, 5) is 72.1. The summed E-state index contributed by atoms with van der Waals surface area (Å²) < 4.78 is 23.3. The molecule has 0 aromatic carbocycles. The van der Waals surface area contributed by atoms with Crippen LogP contribution in [0.2, 0.25) is 0 Å². The predicted octanol–water partition coefficient (Wildman–Crippen LogP) is 6.84. The normalized spacial score (nSPS) is 40.4. The molecule has 0 aromatic rings. The van der Waals surface area contributed by atoms with Crippen LogP contribution in [0.3, 0.4) is 0 Å². The van der Waals surface area contributed by atoms with E-state index in [0.29, 0.717) is 56.9 Å². The van der Waals surface area contributed by atoms with Gasteiger partial charge in [0, 0.05) is 46.1 Å². The molecule has 0 radical (unpaired) electrons. The van der Waals surface area contributed by atoms with E-state index in [1.54, 1.807) is 41.1 Å². The second-order valence-electron chi connectivity index (χ2n) is 20.1. The molecule has 4 aliphatic rings. The van der Waals surface area contributed by atoms with Crippen LogP contribution in [0.1, 0.15) is 132 Å². The van der Waals surface area contributed by atoms with E-state index in [2.05, 4.69) is 0 Å². The number of aliphatic hydroxyl groups excluding tert-OH is 2. The number of piperidine rings is 1. The summed E-state index contributed by atoms with van der Waals surface area (Å²) in [7, 11) is 4.59. The Kier molecular flexibility index (Phi) is 21.0. The molecule has 15 atom stereocenters. The van der Waals surface area contributed by atoms with Crippen molar-refractivity contribution in [2.75, 3.05) is 27.9 Å². The number of cyclic esters (lactones) is 1. The van der Waals surface area contributed by atoms with E-state index in [9.17, 15) is 39.3 Å². The SMILES string of the molecule is CO[C@H]1C[C@@H]2CC[C@@H](C)[C@@](O)(C2)C(=O)C(=O)N2CCCC[C@H]2C(=O)O[C@H]([C@H](C)C[C@@H]2CC[C@@H](O)[C@H](OC)C2)CC(=O)[C@H](C)/C=C(\C)[C@@H](O)[C@@H](OC)C(=O)[C@H](C)C[C@H](C)/C=C/C=C/C=C/1C. The van der Waals surface area contributed by atoms with Gasteiger partial charge in [0.25, 0.3) is 11.7 Å². The van der Waals surface area contributed by atoms with E-state index < -0.39 is 71.5 Å². The highest BCUT2D eigenvalue weighted by Gasteiger charge is 2.51. The number of rotatable bonds is 6. The molecule has 13 heteroatoms. The third-order valence-electron chi connectivity index (χ3n) is 15.1. The molecule has 2 bridgehead atoms. The summed E-state index contributed by atoms with van der Waals surface area (Å²) in [5.74, 6) is -4.93. The Morgan fingerprint density at radius 2 is 1.57 bits per heavy atom. The number of Topliss-reactive ketones (excluding diaryl/α,β-unsaturated/α-hetero) is 3. The van der Waals surface area contributed by atoms with E-state index in [4.69, 9.17) is 18.9 Å². The molecule has 3 fully saturated rings. The molecule has 2 heterocycles. The molecule has 2 saturated carbocycles. The zero-order valence-electron chi connectivity index (χ0n) is 40.9. The van der Waals surface area contributed by atoms with Crippen molar-refractivity contribution in [1.29, 1.82) is 0 Å². The number of nitrogens with zero attached hydrogens (tertiary/aromatic N) is 1. The van der Waals surface area contributed by atoms with Gasteiger partial charge < -0.3 is 39.2 Å². The molecule has 0 aromatic heterocycles. The largest absolute Gasteiger partial charge is 0.460 e. The van der Waals surface area contributed by atoms with Gasteiger partial charge in [-0.1, -0.05) is 71.1 Å². The van der Waals surface area contributed by atoms with Gasteiger partial charge in [-0.3, -0.25) is 19.2 Å². The Hall–Kier alpha value is -3.33. The van der Waals surface area contributed by atoms with E-state index in [-0.39, 0.29) is 73.3 Å². The first-order valence-electron chi connectivity index (χ1n) is 24.2. The Bertz CT molecular complexity index is 1750. The fourth-order valence-electron chi connectivity index (χ4n) is 10.7. The standard InChI is InChI=1S/C52H81NO12/c1-31-16-12-11-13-17-32(2)43(62-8)28-39-20-19-37(7)52(61,30-39)49(58)50(59)53-23-15-14-18-40(53)51(60)65-44(34(4)26-38-21-22-41(54)45(27-38)63-9)29-42(55)33(3)25-36(6)47(57)48(64-10)46(56)35(5)24-31/h11-13,16-17,25,31,33-35,37-41,43-45,47-48,54,57,61H,14-15,18-24,26-30H2,1-10H3/b13-11+,16-12+,32-17+,36-25+/t31-,33-,34-,35-,37-,38+,39+,40+,41-,43+,44+,45-,47-,48+,52+/m1/s1. The minimum absolute atomic E-state index is 0.0358. The fraction of sp³-hybridized carbons (Fsp3) is 0.750. The van der Waals surface area contributed by atoms with Gasteiger partial charge in [-0.05, 0) is 132 Å². The average Bonchev–Trinajstić information content (AvgIpc) is 3.28. The maximum atomic E-state index is 14.4. The molecule has 3 N–H and O–H groups in total. The van der Waals surface area contributed by atoms with Gasteiger partial charge in [-0.25, -0.2) is 4.79 Å². The molecule has 0 unspecified atom stereocenters. The van der Waals surface area contributed by atoms with Crippen molar-refractivity contribution in [3.8, 4) is 0 Å². The summed E-state index contributed by atoms with van der Waals surface area (Å²) in [5.41, 5.74) is -0.571. The van der Waals surface area contributed by atoms with Crippen molar-refractivity contribution in [2.24, 2.45) is 41.4 Å². The molecule has 366 valence electrons. The smallest absolute Gasteiger partial charge is 0.329 e. The lowest BCUT2D eigenvalue weighted by atomic mass is 9.67. The molecular formula is C52H81NO12. The number of hydrogen-bond donors (Lipinski definition) is 3. The third-order valence-corrected chi connectivity index (χ3v) is 15.1. The number of carbonyl (C=O) groups is 5. The number of methoxy groups -OCH3 is 3. The Balaban J connectivity index is 1.70. The number of ketones is 3. The van der Waals surface area contributed by atoms with Crippen LogP contribution in [-0.4, -0.2) is 126 Å². The van der Waals surface area contributed by atoms with Crippen molar-refractivity contribution < 1.29 is 58.2 Å². The highest BCUT2D eigenvalue weighted by Crippen LogP contribution is 2.41. The molecule has 1 amide bonds. The quantitative estimate of drug-likeness (QED) is 0.143. The number of esters is 1. The second kappa shape index (κ2) is 25.2. The van der Waals surface area contributed by atoms with Crippen LogP contribution in [0.15, 0.2) is 47.6 Å². The van der Waals surface area contributed by atoms with Gasteiger partial charge in [0.15, 0.2) is 5.78 Å². The predicted molar refractivity (Wildman–Crippen MR) is 248 cm³/mol. The summed E-state index contributed by atoms with van der Waals surface area (Å²) in [6, 6.07) is -1.08. The van der Waals surface area contributed by atoms with Gasteiger partial charge in [0.1, 0.15) is 35.7 Å². The first-order chi connectivity index (χ1) is 30.7. The topological polar surface area (TPSA) is 186 Å². The maximum absolute atomic E-state index is 14.4. The van der Waals surface area contributed by atoms with Crippen molar-refractivity contribution in [3.63, 3.8) is 0 Å². The molecule has 0 spiro atoms. The Labute approximate surface area is 388 Å². The first kappa shape index (κ1) is 54.3. The minimum Gasteiger partial charge on any atom is -0.460 e. The highest BCUT2D eigenvalue weighted by molar-refractivity contribution is 6.39. The molecule has 4 rings (SSSR count). The van der Waals surface area contributed by atoms with Gasteiger partial charge in [0.05, 0.1) is 18.3 Å². The summed E-state index contributed by atoms with van der Waals surface area (Å²) in [6.07, 6.45) is 13.0. The van der Waals surface area contributed by atoms with Crippen molar-refractivity contribution in [3.05, 3.63) is 47.6 Å². The fourth-order valence-corrected chi connectivity index (χ4v) is 10.7. The molecule has 2 aliphatic carbocycles. The summed E-state index contributed by atoms with van der Waals surface area (Å²) in [5, 5.41) is 34.1. The van der Waals surface area contributed by atoms with Crippen LogP contribution >= 0.6 is 0 Å². The molecule has 65 heavy (non-hydrogen) atoms. The van der Waals surface area contributed by atoms with E-state index in [0.717, 1.165) is 18.4 Å². The first-order valence-corrected chi connectivity index (χ1v) is 24.2. The number of aliphatic hydroxyl groups is 3. The van der Waals surface area contributed by atoms with E-state index in [1.807, 2.05) is 58.1 Å². The number of hydrogen-bond acceptors (Lipinski definition) is 12. The number of amides is 1. The van der Waals surface area contributed by atoms with Crippen molar-refractivity contribution in [2.45, 2.75) is 180 Å². The zero-order valence-corrected chi connectivity index (χ0v) is 40.9. The molecule has 13 nitrogen and oxygen atoms in total. The van der Waals surface area contributed by atoms with Gasteiger partial charge in [-0.15, -0.1) is 0 Å². The number of allylic oxidation sites excluding steroid dienone is 6. The van der Waals surface area contributed by atoms with Crippen molar-refractivity contribution in [1.82, 2.24) is 4.90 Å².